The van der Waals surface area contributed by atoms with Crippen LogP contribution >= 0.6 is 0 Å². The van der Waals surface area contributed by atoms with E-state index in [0.717, 1.165) is 62.6 Å². The van der Waals surface area contributed by atoms with E-state index in [1.807, 2.05) is 6.07 Å². The number of benzene rings is 1. The Kier molecular flexibility index (Phi) is 6.08. The summed E-state index contributed by atoms with van der Waals surface area (Å²) in [4.78, 5) is 12.6. The maximum atomic E-state index is 12.6. The molecule has 2 heterocycles. The molecule has 1 aliphatic heterocycles. The lowest BCUT2D eigenvalue weighted by molar-refractivity contribution is 0.0263. The molecular formula is C20H28N2O3. The van der Waals surface area contributed by atoms with E-state index in [0.29, 0.717) is 11.6 Å². The second-order valence-corrected chi connectivity index (χ2v) is 6.84. The molecule has 2 aromatic rings. The molecule has 3 rings (SSSR count). The second kappa shape index (κ2) is 8.48. The van der Waals surface area contributed by atoms with Gasteiger partial charge in [0.2, 0.25) is 0 Å². The first-order valence-corrected chi connectivity index (χ1v) is 9.49. The number of carbonyl (C=O) groups excluding carboxylic acids is 1. The SMILES string of the molecule is CCCC[C@@H](CC)OC(=O)c1n[nH]c2ccc(C3CCOCC3)cc12. The highest BCUT2D eigenvalue weighted by Gasteiger charge is 2.22. The van der Waals surface area contributed by atoms with E-state index in [2.05, 4.69) is 36.2 Å². The molecule has 0 spiro atoms. The van der Waals surface area contributed by atoms with Crippen molar-refractivity contribution in [3.05, 3.63) is 29.5 Å². The van der Waals surface area contributed by atoms with Crippen molar-refractivity contribution in [2.75, 3.05) is 13.2 Å². The number of nitrogens with one attached hydrogen (secondary N) is 1. The van der Waals surface area contributed by atoms with Gasteiger partial charge in [0.05, 0.1) is 5.52 Å². The average Bonchev–Trinajstić information content (AvgIpc) is 3.09. The van der Waals surface area contributed by atoms with Gasteiger partial charge in [-0.3, -0.25) is 5.10 Å². The fourth-order valence-electron chi connectivity index (χ4n) is 3.46. The summed E-state index contributed by atoms with van der Waals surface area (Å²) >= 11 is 0. The molecule has 0 bridgehead atoms. The number of H-pyrrole nitrogens is 1. The van der Waals surface area contributed by atoms with Gasteiger partial charge >= 0.3 is 5.97 Å². The maximum Gasteiger partial charge on any atom is 0.359 e. The number of rotatable bonds is 7. The Labute approximate surface area is 149 Å². The molecule has 1 saturated heterocycles. The predicted octanol–water partition coefficient (Wildman–Crippen LogP) is 4.58. The van der Waals surface area contributed by atoms with Crippen LogP contribution in [0.1, 0.15) is 74.3 Å². The van der Waals surface area contributed by atoms with E-state index in [9.17, 15) is 4.79 Å². The molecule has 136 valence electrons. The van der Waals surface area contributed by atoms with Crippen LogP contribution in [0.3, 0.4) is 0 Å². The minimum Gasteiger partial charge on any atom is -0.458 e. The van der Waals surface area contributed by atoms with Gasteiger partial charge in [-0.2, -0.15) is 5.10 Å². The van der Waals surface area contributed by atoms with Crippen LogP contribution in [0.2, 0.25) is 0 Å². The van der Waals surface area contributed by atoms with Gasteiger partial charge in [-0.1, -0.05) is 32.8 Å². The van der Waals surface area contributed by atoms with Crippen molar-refractivity contribution in [2.45, 2.75) is 64.4 Å². The Balaban J connectivity index is 1.79. The molecule has 0 amide bonds. The summed E-state index contributed by atoms with van der Waals surface area (Å²) in [7, 11) is 0. The van der Waals surface area contributed by atoms with Crippen LogP contribution < -0.4 is 0 Å². The molecule has 0 unspecified atom stereocenters. The van der Waals surface area contributed by atoms with Crippen LogP contribution in [0.25, 0.3) is 10.9 Å². The van der Waals surface area contributed by atoms with Gasteiger partial charge in [-0.25, -0.2) is 4.79 Å². The first kappa shape index (κ1) is 17.9. The number of esters is 1. The van der Waals surface area contributed by atoms with Crippen LogP contribution in [0.5, 0.6) is 0 Å². The summed E-state index contributed by atoms with van der Waals surface area (Å²) in [5.74, 6) is 0.170. The molecule has 5 nitrogen and oxygen atoms in total. The van der Waals surface area contributed by atoms with Crippen molar-refractivity contribution in [1.82, 2.24) is 10.2 Å². The van der Waals surface area contributed by atoms with Crippen molar-refractivity contribution < 1.29 is 14.3 Å². The highest BCUT2D eigenvalue weighted by molar-refractivity contribution is 6.02. The maximum absolute atomic E-state index is 12.6. The Morgan fingerprint density at radius 2 is 2.16 bits per heavy atom. The summed E-state index contributed by atoms with van der Waals surface area (Å²) in [5, 5.41) is 8.04. The molecule has 25 heavy (non-hydrogen) atoms. The number of fused-ring (bicyclic) bond motifs is 1. The van der Waals surface area contributed by atoms with Gasteiger partial charge in [-0.15, -0.1) is 0 Å². The first-order chi connectivity index (χ1) is 12.2. The molecule has 1 aromatic heterocycles. The van der Waals surface area contributed by atoms with Crippen LogP contribution in [0.15, 0.2) is 18.2 Å². The van der Waals surface area contributed by atoms with Crippen LogP contribution in [-0.4, -0.2) is 35.5 Å². The smallest absolute Gasteiger partial charge is 0.359 e. The third-order valence-corrected chi connectivity index (χ3v) is 5.08. The molecule has 0 aliphatic carbocycles. The molecule has 1 aliphatic rings. The number of ether oxygens (including phenoxy) is 2. The van der Waals surface area contributed by atoms with Crippen LogP contribution in [-0.2, 0) is 9.47 Å². The number of unbranched alkanes of at least 4 members (excludes halogenated alkanes) is 1. The van der Waals surface area contributed by atoms with E-state index >= 15 is 0 Å². The standard InChI is InChI=1S/C20H28N2O3/c1-3-5-6-16(4-2)25-20(23)19-17-13-15(7-8-18(17)21-22-19)14-9-11-24-12-10-14/h7-8,13-14,16H,3-6,9-12H2,1-2H3,(H,21,22)/t16-/m1/s1. The third kappa shape index (κ3) is 4.21. The largest absolute Gasteiger partial charge is 0.458 e. The quantitative estimate of drug-likeness (QED) is 0.747. The molecule has 5 heteroatoms. The number of hydrogen-bond acceptors (Lipinski definition) is 4. The minimum absolute atomic E-state index is 0.0297. The van der Waals surface area contributed by atoms with E-state index in [1.165, 1.54) is 5.56 Å². The monoisotopic (exact) mass is 344 g/mol. The fraction of sp³-hybridized carbons (Fsp3) is 0.600. The number of carbonyl (C=O) groups is 1. The molecule has 1 N–H and O–H groups in total. The second-order valence-electron chi connectivity index (χ2n) is 6.84. The highest BCUT2D eigenvalue weighted by Crippen LogP contribution is 2.30. The normalized spacial score (nSPS) is 16.9. The predicted molar refractivity (Wildman–Crippen MR) is 97.9 cm³/mol. The van der Waals surface area contributed by atoms with Gasteiger partial charge in [0.15, 0.2) is 5.69 Å². The number of hydrogen-bond donors (Lipinski definition) is 1. The first-order valence-electron chi connectivity index (χ1n) is 9.49. The summed E-state index contributed by atoms with van der Waals surface area (Å²) < 4.78 is 11.1. The Morgan fingerprint density at radius 1 is 1.36 bits per heavy atom. The summed E-state index contributed by atoms with van der Waals surface area (Å²) in [6, 6.07) is 6.23. The molecule has 1 atom stereocenters. The van der Waals surface area contributed by atoms with Crippen molar-refractivity contribution in [3.8, 4) is 0 Å². The Bertz CT molecular complexity index is 704. The summed E-state index contributed by atoms with van der Waals surface area (Å²) in [6.07, 6.45) is 5.94. The molecule has 1 aromatic carbocycles. The molecular weight excluding hydrogens is 316 g/mol. The summed E-state index contributed by atoms with van der Waals surface area (Å²) in [5.41, 5.74) is 2.53. The Morgan fingerprint density at radius 3 is 2.88 bits per heavy atom. The van der Waals surface area contributed by atoms with Gasteiger partial charge in [0.1, 0.15) is 6.10 Å². The third-order valence-electron chi connectivity index (χ3n) is 5.08. The number of aromatic amines is 1. The van der Waals surface area contributed by atoms with E-state index in [4.69, 9.17) is 9.47 Å². The Hall–Kier alpha value is -1.88. The average molecular weight is 344 g/mol. The zero-order chi connectivity index (χ0) is 17.6. The lowest BCUT2D eigenvalue weighted by Gasteiger charge is -2.22. The van der Waals surface area contributed by atoms with Crippen molar-refractivity contribution >= 4 is 16.9 Å². The number of aromatic nitrogens is 2. The van der Waals surface area contributed by atoms with Crippen molar-refractivity contribution in [2.24, 2.45) is 0 Å². The van der Waals surface area contributed by atoms with Crippen LogP contribution in [0.4, 0.5) is 0 Å². The number of nitrogens with zero attached hydrogens (tertiary/aromatic N) is 1. The molecule has 0 radical (unpaired) electrons. The van der Waals surface area contributed by atoms with Gasteiger partial charge < -0.3 is 9.47 Å². The van der Waals surface area contributed by atoms with Gasteiger partial charge in [0, 0.05) is 18.6 Å². The van der Waals surface area contributed by atoms with Crippen LogP contribution in [0, 0.1) is 0 Å². The molecule has 1 fully saturated rings. The minimum atomic E-state index is -0.321. The lowest BCUT2D eigenvalue weighted by Crippen LogP contribution is -2.18. The van der Waals surface area contributed by atoms with Crippen molar-refractivity contribution in [1.29, 1.82) is 0 Å². The van der Waals surface area contributed by atoms with E-state index < -0.39 is 0 Å². The lowest BCUT2D eigenvalue weighted by atomic mass is 9.91. The fourth-order valence-corrected chi connectivity index (χ4v) is 3.46. The van der Waals surface area contributed by atoms with Gasteiger partial charge in [-0.05, 0) is 49.3 Å². The highest BCUT2D eigenvalue weighted by atomic mass is 16.5. The topological polar surface area (TPSA) is 64.2 Å². The van der Waals surface area contributed by atoms with Crippen molar-refractivity contribution in [3.63, 3.8) is 0 Å². The zero-order valence-electron chi connectivity index (χ0n) is 15.2. The zero-order valence-corrected chi connectivity index (χ0v) is 15.2. The van der Waals surface area contributed by atoms with Gasteiger partial charge in [0.25, 0.3) is 0 Å². The van der Waals surface area contributed by atoms with E-state index in [-0.39, 0.29) is 12.1 Å². The molecule has 0 saturated carbocycles. The summed E-state index contributed by atoms with van der Waals surface area (Å²) in [6.45, 7) is 5.81. The van der Waals surface area contributed by atoms with E-state index in [1.54, 1.807) is 0 Å².